The molecule has 0 unspecified atom stereocenters. The van der Waals surface area contributed by atoms with E-state index in [2.05, 4.69) is 16.2 Å². The van der Waals surface area contributed by atoms with Gasteiger partial charge in [-0.3, -0.25) is 4.79 Å². The van der Waals surface area contributed by atoms with Crippen molar-refractivity contribution in [1.82, 2.24) is 14.6 Å². The number of fused-ring (bicyclic) bond motifs is 1. The minimum absolute atomic E-state index is 0.0704. The van der Waals surface area contributed by atoms with Gasteiger partial charge in [-0.05, 0) is 25.1 Å². The van der Waals surface area contributed by atoms with Crippen LogP contribution in [0.4, 0.5) is 4.39 Å². The van der Waals surface area contributed by atoms with Crippen LogP contribution in [0.1, 0.15) is 12.5 Å². The van der Waals surface area contributed by atoms with E-state index in [1.165, 1.54) is 29.9 Å². The van der Waals surface area contributed by atoms with Gasteiger partial charge in [0.25, 0.3) is 0 Å². The summed E-state index contributed by atoms with van der Waals surface area (Å²) in [6.07, 6.45) is 4.39. The van der Waals surface area contributed by atoms with Gasteiger partial charge in [-0.2, -0.15) is 14.8 Å². The molecule has 0 atom stereocenters. The normalized spacial score (nSPS) is 10.5. The second-order valence-electron chi connectivity index (χ2n) is 4.91. The van der Waals surface area contributed by atoms with Gasteiger partial charge in [-0.15, -0.1) is 0 Å². The molecule has 7 heteroatoms. The largest absolute Gasteiger partial charge is 0.484 e. The molecule has 114 valence electrons. The first-order chi connectivity index (χ1) is 11.1. The van der Waals surface area contributed by atoms with Gasteiger partial charge in [0.2, 0.25) is 5.95 Å². The average Bonchev–Trinajstić information content (AvgIpc) is 2.96. The van der Waals surface area contributed by atoms with Crippen molar-refractivity contribution in [3.8, 4) is 22.9 Å². The first-order valence-corrected chi connectivity index (χ1v) is 6.74. The van der Waals surface area contributed by atoms with E-state index in [0.717, 1.165) is 0 Å². The third-order valence-electron chi connectivity index (χ3n) is 3.19. The maximum absolute atomic E-state index is 13.0. The van der Waals surface area contributed by atoms with Crippen molar-refractivity contribution in [2.45, 2.75) is 6.92 Å². The fourth-order valence-electron chi connectivity index (χ4n) is 2.20. The summed E-state index contributed by atoms with van der Waals surface area (Å²) >= 11 is 0. The molecule has 23 heavy (non-hydrogen) atoms. The summed E-state index contributed by atoms with van der Waals surface area (Å²) in [7, 11) is 0. The van der Waals surface area contributed by atoms with Crippen LogP contribution in [0.15, 0.2) is 36.8 Å². The molecular formula is C16H11FN4O2. The zero-order chi connectivity index (χ0) is 16.4. The lowest BCUT2D eigenvalue weighted by Gasteiger charge is -2.09. The average molecular weight is 310 g/mol. The van der Waals surface area contributed by atoms with Crippen LogP contribution in [0.2, 0.25) is 0 Å². The highest BCUT2D eigenvalue weighted by Gasteiger charge is 2.14. The van der Waals surface area contributed by atoms with Crippen LogP contribution in [0, 0.1) is 17.3 Å². The minimum Gasteiger partial charge on any atom is -0.484 e. The molecule has 0 amide bonds. The van der Waals surface area contributed by atoms with E-state index in [1.807, 2.05) is 0 Å². The summed E-state index contributed by atoms with van der Waals surface area (Å²) in [5.74, 6) is -0.296. The molecule has 3 rings (SSSR count). The number of hydrogen-bond acceptors (Lipinski definition) is 5. The van der Waals surface area contributed by atoms with E-state index in [-0.39, 0.29) is 12.4 Å². The monoisotopic (exact) mass is 310 g/mol. The smallest absolute Gasteiger partial charge is 0.212 e. The van der Waals surface area contributed by atoms with Crippen molar-refractivity contribution in [3.63, 3.8) is 0 Å². The number of Topliss-reactive ketones (excluding diaryl/α,β-unsaturated/α-hetero) is 1. The lowest BCUT2D eigenvalue weighted by atomic mass is 10.1. The van der Waals surface area contributed by atoms with Gasteiger partial charge >= 0.3 is 0 Å². The summed E-state index contributed by atoms with van der Waals surface area (Å²) < 4.78 is 20.0. The molecule has 0 N–H and O–H groups in total. The molecular weight excluding hydrogens is 299 g/mol. The number of ketones is 1. The summed E-state index contributed by atoms with van der Waals surface area (Å²) in [6, 6.07) is 6.53. The second kappa shape index (κ2) is 5.85. The van der Waals surface area contributed by atoms with Crippen LogP contribution in [-0.2, 0) is 4.79 Å². The summed E-state index contributed by atoms with van der Waals surface area (Å²) in [6.45, 7) is 1.35. The minimum atomic E-state index is -0.595. The first kappa shape index (κ1) is 14.7. The molecule has 3 aromatic rings. The maximum Gasteiger partial charge on any atom is 0.212 e. The predicted molar refractivity (Wildman–Crippen MR) is 79.3 cm³/mol. The molecule has 3 aromatic heterocycles. The number of pyridine rings is 2. The molecule has 6 nitrogen and oxygen atoms in total. The van der Waals surface area contributed by atoms with Gasteiger partial charge in [0.05, 0.1) is 23.5 Å². The lowest BCUT2D eigenvalue weighted by Crippen LogP contribution is -2.07. The van der Waals surface area contributed by atoms with Crippen molar-refractivity contribution >= 4 is 11.3 Å². The molecule has 0 fully saturated rings. The van der Waals surface area contributed by atoms with E-state index in [9.17, 15) is 14.4 Å². The Labute approximate surface area is 130 Å². The van der Waals surface area contributed by atoms with E-state index >= 15 is 0 Å². The maximum atomic E-state index is 13.0. The number of rotatable bonds is 4. The Kier molecular flexibility index (Phi) is 3.73. The Morgan fingerprint density at radius 1 is 1.43 bits per heavy atom. The van der Waals surface area contributed by atoms with Crippen LogP contribution < -0.4 is 4.74 Å². The van der Waals surface area contributed by atoms with E-state index in [0.29, 0.717) is 28.0 Å². The molecule has 0 aliphatic rings. The fraction of sp³-hybridized carbons (Fsp3) is 0.125. The Bertz CT molecular complexity index is 926. The molecule has 0 radical (unpaired) electrons. The lowest BCUT2D eigenvalue weighted by molar-refractivity contribution is -0.118. The third kappa shape index (κ3) is 2.87. The zero-order valence-electron chi connectivity index (χ0n) is 12.2. The number of nitriles is 1. The molecule has 0 aliphatic heterocycles. The van der Waals surface area contributed by atoms with Gasteiger partial charge in [-0.1, -0.05) is 0 Å². The van der Waals surface area contributed by atoms with Crippen LogP contribution in [0.25, 0.3) is 16.6 Å². The van der Waals surface area contributed by atoms with Crippen molar-refractivity contribution in [1.29, 1.82) is 5.26 Å². The zero-order valence-corrected chi connectivity index (χ0v) is 12.2. The molecule has 0 aliphatic carbocycles. The van der Waals surface area contributed by atoms with Gasteiger partial charge in [0.1, 0.15) is 18.4 Å². The van der Waals surface area contributed by atoms with E-state index in [1.54, 1.807) is 18.3 Å². The number of carbonyl (C=O) groups excluding carboxylic acids is 1. The molecule has 0 bridgehead atoms. The number of aromatic nitrogens is 3. The van der Waals surface area contributed by atoms with Crippen LogP contribution in [0.3, 0.4) is 0 Å². The van der Waals surface area contributed by atoms with Crippen molar-refractivity contribution in [3.05, 3.63) is 48.3 Å². The SMILES string of the molecule is CC(=O)COc1cc(-c2ccc(F)nc2)c2c(C#N)cnn2c1. The number of carbonyl (C=O) groups is 1. The van der Waals surface area contributed by atoms with Crippen LogP contribution in [0.5, 0.6) is 5.75 Å². The summed E-state index contributed by atoms with van der Waals surface area (Å²) in [5.41, 5.74) is 2.17. The topological polar surface area (TPSA) is 80.3 Å². The Morgan fingerprint density at radius 2 is 2.26 bits per heavy atom. The number of halogens is 1. The Balaban J connectivity index is 2.19. The highest BCUT2D eigenvalue weighted by Crippen LogP contribution is 2.30. The molecule has 3 heterocycles. The third-order valence-corrected chi connectivity index (χ3v) is 3.19. The first-order valence-electron chi connectivity index (χ1n) is 6.74. The quantitative estimate of drug-likeness (QED) is 0.691. The van der Waals surface area contributed by atoms with E-state index in [4.69, 9.17) is 4.74 Å². The van der Waals surface area contributed by atoms with Crippen LogP contribution in [-0.4, -0.2) is 27.0 Å². The highest BCUT2D eigenvalue weighted by atomic mass is 19.1. The van der Waals surface area contributed by atoms with Crippen LogP contribution >= 0.6 is 0 Å². The molecule has 0 aromatic carbocycles. The summed E-state index contributed by atoms with van der Waals surface area (Å²) in [5, 5.41) is 13.3. The van der Waals surface area contributed by atoms with E-state index < -0.39 is 5.95 Å². The molecule has 0 spiro atoms. The Hall–Kier alpha value is -3.27. The number of ether oxygens (including phenoxy) is 1. The standard InChI is InChI=1S/C16H11FN4O2/c1-10(22)9-23-13-4-14(11-2-3-15(17)19-6-11)16-12(5-18)7-20-21(16)8-13/h2-4,6-8H,9H2,1H3. The van der Waals surface area contributed by atoms with Crippen molar-refractivity contribution < 1.29 is 13.9 Å². The van der Waals surface area contributed by atoms with Gasteiger partial charge in [-0.25, -0.2) is 9.50 Å². The number of hydrogen-bond donors (Lipinski definition) is 0. The second-order valence-corrected chi connectivity index (χ2v) is 4.91. The molecule has 0 saturated heterocycles. The predicted octanol–water partition coefficient (Wildman–Crippen LogP) is 2.37. The van der Waals surface area contributed by atoms with Gasteiger partial charge < -0.3 is 4.74 Å². The Morgan fingerprint density at radius 3 is 2.91 bits per heavy atom. The summed E-state index contributed by atoms with van der Waals surface area (Å²) in [4.78, 5) is 14.7. The molecule has 0 saturated carbocycles. The van der Waals surface area contributed by atoms with Gasteiger partial charge in [0, 0.05) is 17.3 Å². The van der Waals surface area contributed by atoms with Crippen molar-refractivity contribution in [2.24, 2.45) is 0 Å². The fourth-order valence-corrected chi connectivity index (χ4v) is 2.20. The van der Waals surface area contributed by atoms with Gasteiger partial charge in [0.15, 0.2) is 5.78 Å². The van der Waals surface area contributed by atoms with Crippen molar-refractivity contribution in [2.75, 3.05) is 6.61 Å². The highest BCUT2D eigenvalue weighted by molar-refractivity contribution is 5.85. The number of nitrogens with zero attached hydrogens (tertiary/aromatic N) is 4.